The summed E-state index contributed by atoms with van der Waals surface area (Å²) in [6, 6.07) is 7.92. The van der Waals surface area contributed by atoms with Crippen molar-refractivity contribution >= 4 is 5.91 Å². The summed E-state index contributed by atoms with van der Waals surface area (Å²) in [5, 5.41) is 0. The number of nitrogens with two attached hydrogens (primary N) is 1. The topological polar surface area (TPSA) is 58.4 Å². The van der Waals surface area contributed by atoms with E-state index < -0.39 is 0 Å². The molecule has 1 aromatic rings. The molecule has 0 fully saturated rings. The van der Waals surface area contributed by atoms with Crippen LogP contribution in [0.5, 0.6) is 0 Å². The molecule has 3 N–H and O–H groups in total. The number of amides is 1. The van der Waals surface area contributed by atoms with Gasteiger partial charge in [0.2, 0.25) is 0 Å². The van der Waals surface area contributed by atoms with Crippen LogP contribution in [0.4, 0.5) is 0 Å². The quantitative estimate of drug-likeness (QED) is 0.449. The third-order valence-electron chi connectivity index (χ3n) is 2.86. The second kappa shape index (κ2) is 5.63. The zero-order valence-corrected chi connectivity index (χ0v) is 10.0. The Labute approximate surface area is 96.4 Å². The third-order valence-corrected chi connectivity index (χ3v) is 2.86. The van der Waals surface area contributed by atoms with E-state index in [0.717, 1.165) is 6.54 Å². The van der Waals surface area contributed by atoms with E-state index in [2.05, 4.69) is 24.5 Å². The van der Waals surface area contributed by atoms with E-state index in [4.69, 9.17) is 5.84 Å². The summed E-state index contributed by atoms with van der Waals surface area (Å²) in [4.78, 5) is 13.3. The van der Waals surface area contributed by atoms with Crippen molar-refractivity contribution in [1.29, 1.82) is 0 Å². The SMILES string of the molecule is Cc1ccccc1CN(C)C(C)C(=O)NN. The minimum Gasteiger partial charge on any atom is -0.293 e. The molecule has 0 aromatic heterocycles. The highest BCUT2D eigenvalue weighted by molar-refractivity contribution is 5.80. The molecule has 0 radical (unpaired) electrons. The van der Waals surface area contributed by atoms with Crippen molar-refractivity contribution in [2.24, 2.45) is 5.84 Å². The highest BCUT2D eigenvalue weighted by atomic mass is 16.2. The molecule has 1 aromatic carbocycles. The number of nitrogens with zero attached hydrogens (tertiary/aromatic N) is 1. The highest BCUT2D eigenvalue weighted by Gasteiger charge is 2.17. The van der Waals surface area contributed by atoms with E-state index in [1.54, 1.807) is 0 Å². The number of hydrogen-bond donors (Lipinski definition) is 2. The maximum absolute atomic E-state index is 11.4. The molecule has 0 saturated heterocycles. The molecule has 0 saturated carbocycles. The fraction of sp³-hybridized carbons (Fsp3) is 0.417. The predicted molar refractivity (Wildman–Crippen MR) is 64.4 cm³/mol. The van der Waals surface area contributed by atoms with E-state index in [0.29, 0.717) is 0 Å². The summed E-state index contributed by atoms with van der Waals surface area (Å²) < 4.78 is 0. The first-order chi connectivity index (χ1) is 7.56. The normalized spacial score (nSPS) is 12.6. The summed E-state index contributed by atoms with van der Waals surface area (Å²) in [5.41, 5.74) is 4.62. The van der Waals surface area contributed by atoms with Gasteiger partial charge in [0.15, 0.2) is 0 Å². The van der Waals surface area contributed by atoms with Crippen LogP contribution in [0.25, 0.3) is 0 Å². The van der Waals surface area contributed by atoms with Crippen LogP contribution in [0, 0.1) is 6.92 Å². The van der Waals surface area contributed by atoms with Crippen LogP contribution >= 0.6 is 0 Å². The number of aryl methyl sites for hydroxylation is 1. The average molecular weight is 221 g/mol. The number of carbonyl (C=O) groups excluding carboxylic acids is 1. The Morgan fingerprint density at radius 1 is 1.50 bits per heavy atom. The van der Waals surface area contributed by atoms with Crippen molar-refractivity contribution in [2.75, 3.05) is 7.05 Å². The first kappa shape index (κ1) is 12.7. The van der Waals surface area contributed by atoms with E-state index in [9.17, 15) is 4.79 Å². The van der Waals surface area contributed by atoms with Gasteiger partial charge in [0, 0.05) is 6.54 Å². The van der Waals surface area contributed by atoms with Crippen molar-refractivity contribution in [1.82, 2.24) is 10.3 Å². The maximum atomic E-state index is 11.4. The van der Waals surface area contributed by atoms with Gasteiger partial charge in [-0.3, -0.25) is 15.1 Å². The molecule has 4 nitrogen and oxygen atoms in total. The van der Waals surface area contributed by atoms with Crippen LogP contribution in [-0.2, 0) is 11.3 Å². The third kappa shape index (κ3) is 3.05. The Morgan fingerprint density at radius 2 is 2.12 bits per heavy atom. The number of nitrogens with one attached hydrogen (secondary N) is 1. The number of carbonyl (C=O) groups is 1. The van der Waals surface area contributed by atoms with Gasteiger partial charge in [0.1, 0.15) is 0 Å². The van der Waals surface area contributed by atoms with Crippen LogP contribution in [0.15, 0.2) is 24.3 Å². The molecule has 88 valence electrons. The van der Waals surface area contributed by atoms with E-state index in [-0.39, 0.29) is 11.9 Å². The van der Waals surface area contributed by atoms with E-state index in [1.807, 2.05) is 31.0 Å². The summed E-state index contributed by atoms with van der Waals surface area (Å²) >= 11 is 0. The van der Waals surface area contributed by atoms with Crippen LogP contribution in [-0.4, -0.2) is 23.9 Å². The van der Waals surface area contributed by atoms with Gasteiger partial charge in [-0.15, -0.1) is 0 Å². The van der Waals surface area contributed by atoms with Crippen LogP contribution in [0.2, 0.25) is 0 Å². The second-order valence-corrected chi connectivity index (χ2v) is 4.03. The molecular formula is C12H19N3O. The number of rotatable bonds is 4. The second-order valence-electron chi connectivity index (χ2n) is 4.03. The zero-order chi connectivity index (χ0) is 12.1. The number of likely N-dealkylation sites (N-methyl/N-ethyl adjacent to an activating group) is 1. The molecular weight excluding hydrogens is 202 g/mol. The van der Waals surface area contributed by atoms with Gasteiger partial charge in [-0.05, 0) is 32.0 Å². The Hall–Kier alpha value is -1.39. The first-order valence-corrected chi connectivity index (χ1v) is 5.31. The van der Waals surface area contributed by atoms with Crippen molar-refractivity contribution < 1.29 is 4.79 Å². The predicted octanol–water partition coefficient (Wildman–Crippen LogP) is 0.805. The highest BCUT2D eigenvalue weighted by Crippen LogP contribution is 2.11. The molecule has 0 spiro atoms. The molecule has 1 unspecified atom stereocenters. The standard InChI is InChI=1S/C12H19N3O/c1-9-6-4-5-7-11(9)8-15(3)10(2)12(16)14-13/h4-7,10H,8,13H2,1-3H3,(H,14,16). The molecule has 0 bridgehead atoms. The molecule has 0 aliphatic rings. The molecule has 0 aliphatic heterocycles. The summed E-state index contributed by atoms with van der Waals surface area (Å²) in [6.45, 7) is 4.64. The number of hydrogen-bond acceptors (Lipinski definition) is 3. The van der Waals surface area contributed by atoms with Crippen LogP contribution < -0.4 is 11.3 Å². The minimum absolute atomic E-state index is 0.170. The van der Waals surface area contributed by atoms with Crippen molar-refractivity contribution in [2.45, 2.75) is 26.4 Å². The van der Waals surface area contributed by atoms with Gasteiger partial charge in [0.05, 0.1) is 6.04 Å². The summed E-state index contributed by atoms with van der Waals surface area (Å²) in [6.07, 6.45) is 0. The van der Waals surface area contributed by atoms with Crippen molar-refractivity contribution in [3.05, 3.63) is 35.4 Å². The van der Waals surface area contributed by atoms with Crippen LogP contribution in [0.3, 0.4) is 0 Å². The number of benzene rings is 1. The minimum atomic E-state index is -0.232. The van der Waals surface area contributed by atoms with Crippen molar-refractivity contribution in [3.8, 4) is 0 Å². The fourth-order valence-electron chi connectivity index (χ4n) is 1.51. The van der Waals surface area contributed by atoms with Crippen LogP contribution in [0.1, 0.15) is 18.1 Å². The van der Waals surface area contributed by atoms with Gasteiger partial charge in [0.25, 0.3) is 5.91 Å². The molecule has 1 rings (SSSR count). The van der Waals surface area contributed by atoms with Gasteiger partial charge in [-0.25, -0.2) is 5.84 Å². The average Bonchev–Trinajstić information content (AvgIpc) is 2.30. The molecule has 16 heavy (non-hydrogen) atoms. The maximum Gasteiger partial charge on any atom is 0.250 e. The lowest BCUT2D eigenvalue weighted by Gasteiger charge is -2.23. The van der Waals surface area contributed by atoms with E-state index >= 15 is 0 Å². The Kier molecular flexibility index (Phi) is 4.46. The van der Waals surface area contributed by atoms with Gasteiger partial charge >= 0.3 is 0 Å². The van der Waals surface area contributed by atoms with Gasteiger partial charge in [-0.1, -0.05) is 24.3 Å². The lowest BCUT2D eigenvalue weighted by Crippen LogP contribution is -2.45. The Bertz CT molecular complexity index is 365. The number of hydrazine groups is 1. The lowest BCUT2D eigenvalue weighted by molar-refractivity contribution is -0.125. The van der Waals surface area contributed by atoms with Gasteiger partial charge in [-0.2, -0.15) is 0 Å². The summed E-state index contributed by atoms with van der Waals surface area (Å²) in [5.74, 6) is 4.94. The first-order valence-electron chi connectivity index (χ1n) is 5.31. The monoisotopic (exact) mass is 221 g/mol. The lowest BCUT2D eigenvalue weighted by atomic mass is 10.1. The fourth-order valence-corrected chi connectivity index (χ4v) is 1.51. The molecule has 4 heteroatoms. The largest absolute Gasteiger partial charge is 0.293 e. The summed E-state index contributed by atoms with van der Waals surface area (Å²) in [7, 11) is 1.91. The molecule has 0 aliphatic carbocycles. The Morgan fingerprint density at radius 3 is 2.69 bits per heavy atom. The van der Waals surface area contributed by atoms with E-state index in [1.165, 1.54) is 11.1 Å². The smallest absolute Gasteiger partial charge is 0.250 e. The zero-order valence-electron chi connectivity index (χ0n) is 10.0. The molecule has 0 heterocycles. The van der Waals surface area contributed by atoms with Crippen molar-refractivity contribution in [3.63, 3.8) is 0 Å². The molecule has 1 amide bonds. The molecule has 1 atom stereocenters. The van der Waals surface area contributed by atoms with Gasteiger partial charge < -0.3 is 0 Å². The Balaban J connectivity index is 2.68.